The van der Waals surface area contributed by atoms with Gasteiger partial charge in [0.25, 0.3) is 5.91 Å². The predicted molar refractivity (Wildman–Crippen MR) is 115 cm³/mol. The van der Waals surface area contributed by atoms with E-state index in [9.17, 15) is 4.79 Å². The second kappa shape index (κ2) is 10.0. The summed E-state index contributed by atoms with van der Waals surface area (Å²) in [6.45, 7) is 4.44. The Morgan fingerprint density at radius 3 is 2.46 bits per heavy atom. The lowest BCUT2D eigenvalue weighted by Crippen LogP contribution is -2.36. The molecule has 0 radical (unpaired) electrons. The van der Waals surface area contributed by atoms with Gasteiger partial charge in [-0.3, -0.25) is 4.79 Å². The topological polar surface area (TPSA) is 51.2 Å². The van der Waals surface area contributed by atoms with E-state index in [1.54, 1.807) is 18.3 Å². The summed E-state index contributed by atoms with van der Waals surface area (Å²) in [5.74, 6) is 0.610. The van der Waals surface area contributed by atoms with Gasteiger partial charge >= 0.3 is 0 Å². The number of unbranched alkanes of at least 4 members (excludes halogenated alkanes) is 1. The molecular formula is C23H26N2O2S. The minimum absolute atomic E-state index is 0.0859. The van der Waals surface area contributed by atoms with Gasteiger partial charge in [-0.25, -0.2) is 4.98 Å². The summed E-state index contributed by atoms with van der Waals surface area (Å²) in [5.41, 5.74) is 3.37. The molecule has 0 aliphatic carbocycles. The molecule has 0 fully saturated rings. The van der Waals surface area contributed by atoms with Crippen molar-refractivity contribution in [2.75, 3.05) is 6.54 Å². The van der Waals surface area contributed by atoms with Crippen molar-refractivity contribution in [2.45, 2.75) is 39.2 Å². The Bertz CT molecular complexity index is 875. The number of ether oxygens (including phenoxy) is 1. The van der Waals surface area contributed by atoms with Crippen LogP contribution in [-0.2, 0) is 11.2 Å². The van der Waals surface area contributed by atoms with Crippen molar-refractivity contribution >= 4 is 17.2 Å². The average Bonchev–Trinajstić information content (AvgIpc) is 3.14. The molecule has 1 amide bonds. The number of amides is 1. The summed E-state index contributed by atoms with van der Waals surface area (Å²) in [5, 5.41) is 6.19. The summed E-state index contributed by atoms with van der Waals surface area (Å²) in [6, 6.07) is 18.0. The number of aromatic nitrogens is 1. The first-order chi connectivity index (χ1) is 13.6. The fourth-order valence-corrected chi connectivity index (χ4v) is 3.71. The van der Waals surface area contributed by atoms with Crippen LogP contribution in [0.2, 0.25) is 0 Å². The zero-order chi connectivity index (χ0) is 19.8. The summed E-state index contributed by atoms with van der Waals surface area (Å²) in [4.78, 5) is 16.7. The van der Waals surface area contributed by atoms with E-state index in [4.69, 9.17) is 4.74 Å². The smallest absolute Gasteiger partial charge is 0.260 e. The maximum atomic E-state index is 12.2. The van der Waals surface area contributed by atoms with E-state index in [0.717, 1.165) is 36.1 Å². The number of carbonyl (C=O) groups excluding carboxylic acids is 1. The van der Waals surface area contributed by atoms with Gasteiger partial charge in [-0.05, 0) is 56.4 Å². The molecule has 3 aromatic rings. The zero-order valence-electron chi connectivity index (χ0n) is 16.4. The maximum absolute atomic E-state index is 12.2. The van der Waals surface area contributed by atoms with Crippen molar-refractivity contribution in [3.8, 4) is 16.9 Å². The molecule has 0 saturated heterocycles. The van der Waals surface area contributed by atoms with Crippen molar-refractivity contribution in [1.82, 2.24) is 10.3 Å². The van der Waals surface area contributed by atoms with E-state index in [2.05, 4.69) is 27.8 Å². The quantitative estimate of drug-likeness (QED) is 0.518. The molecule has 28 heavy (non-hydrogen) atoms. The van der Waals surface area contributed by atoms with Gasteiger partial charge in [0, 0.05) is 17.6 Å². The van der Waals surface area contributed by atoms with Gasteiger partial charge in [0.1, 0.15) is 5.75 Å². The van der Waals surface area contributed by atoms with Crippen molar-refractivity contribution in [1.29, 1.82) is 0 Å². The molecule has 0 bridgehead atoms. The lowest BCUT2D eigenvalue weighted by atomic mass is 10.1. The van der Waals surface area contributed by atoms with Crippen LogP contribution in [0, 0.1) is 6.92 Å². The fourth-order valence-electron chi connectivity index (χ4n) is 2.89. The molecule has 0 aliphatic heterocycles. The molecule has 1 N–H and O–H groups in total. The minimum atomic E-state index is -0.524. The van der Waals surface area contributed by atoms with Gasteiger partial charge in [-0.1, -0.05) is 42.5 Å². The second-order valence-electron chi connectivity index (χ2n) is 6.78. The Morgan fingerprint density at radius 2 is 1.79 bits per heavy atom. The third-order valence-corrected chi connectivity index (χ3v) is 5.45. The number of thiazole rings is 1. The van der Waals surface area contributed by atoms with Crippen LogP contribution in [0.5, 0.6) is 5.75 Å². The lowest BCUT2D eigenvalue weighted by Gasteiger charge is -2.15. The Balaban J connectivity index is 1.39. The number of rotatable bonds is 9. The molecule has 146 valence electrons. The Labute approximate surface area is 170 Å². The summed E-state index contributed by atoms with van der Waals surface area (Å²) in [6.07, 6.45) is 2.39. The fraction of sp³-hybridized carbons (Fsp3) is 0.304. The van der Waals surface area contributed by atoms with Crippen LogP contribution < -0.4 is 10.1 Å². The van der Waals surface area contributed by atoms with E-state index in [1.165, 1.54) is 5.01 Å². The van der Waals surface area contributed by atoms with Crippen LogP contribution in [0.3, 0.4) is 0 Å². The molecule has 2 aromatic carbocycles. The third kappa shape index (κ3) is 5.92. The highest BCUT2D eigenvalue weighted by Gasteiger charge is 2.14. The number of nitrogens with zero attached hydrogens (tertiary/aromatic N) is 1. The van der Waals surface area contributed by atoms with Crippen LogP contribution >= 0.6 is 11.3 Å². The first-order valence-corrected chi connectivity index (χ1v) is 10.5. The van der Waals surface area contributed by atoms with Crippen molar-refractivity contribution in [3.05, 3.63) is 70.7 Å². The first kappa shape index (κ1) is 20.1. The molecule has 1 heterocycles. The van der Waals surface area contributed by atoms with E-state index in [0.29, 0.717) is 12.3 Å². The molecule has 4 nitrogen and oxygen atoms in total. The highest BCUT2D eigenvalue weighted by Crippen LogP contribution is 2.22. The van der Waals surface area contributed by atoms with Crippen molar-refractivity contribution < 1.29 is 9.53 Å². The van der Waals surface area contributed by atoms with Crippen LogP contribution in [0.15, 0.2) is 60.0 Å². The second-order valence-corrected chi connectivity index (χ2v) is 7.72. The standard InChI is InChI=1S/C23H26N2O2S/c1-17-16-28-22(25-17)10-6-7-15-24-23(26)18(2)27-21-13-11-20(12-14-21)19-8-4-3-5-9-19/h3-5,8-9,11-14,16,18H,6-7,10,15H2,1-2H3,(H,24,26). The Kier molecular flexibility index (Phi) is 7.20. The highest BCUT2D eigenvalue weighted by molar-refractivity contribution is 7.09. The number of hydrogen-bond donors (Lipinski definition) is 1. The summed E-state index contributed by atoms with van der Waals surface area (Å²) in [7, 11) is 0. The molecule has 0 saturated carbocycles. The van der Waals surface area contributed by atoms with Gasteiger partial charge in [0.15, 0.2) is 6.10 Å². The van der Waals surface area contributed by atoms with Crippen LogP contribution in [0.25, 0.3) is 11.1 Å². The van der Waals surface area contributed by atoms with Gasteiger partial charge in [0.2, 0.25) is 0 Å². The molecule has 1 atom stereocenters. The minimum Gasteiger partial charge on any atom is -0.481 e. The molecule has 1 aromatic heterocycles. The van der Waals surface area contributed by atoms with Gasteiger partial charge in [-0.15, -0.1) is 11.3 Å². The van der Waals surface area contributed by atoms with E-state index < -0.39 is 6.10 Å². The predicted octanol–water partition coefficient (Wildman–Crippen LogP) is 5.02. The summed E-state index contributed by atoms with van der Waals surface area (Å²) >= 11 is 1.70. The normalized spacial score (nSPS) is 11.8. The monoisotopic (exact) mass is 394 g/mol. The molecule has 3 rings (SSSR count). The highest BCUT2D eigenvalue weighted by atomic mass is 32.1. The van der Waals surface area contributed by atoms with Crippen molar-refractivity contribution in [2.24, 2.45) is 0 Å². The van der Waals surface area contributed by atoms with Crippen LogP contribution in [-0.4, -0.2) is 23.5 Å². The molecular weight excluding hydrogens is 368 g/mol. The molecule has 1 unspecified atom stereocenters. The van der Waals surface area contributed by atoms with Crippen LogP contribution in [0.4, 0.5) is 0 Å². The van der Waals surface area contributed by atoms with E-state index in [-0.39, 0.29) is 5.91 Å². The largest absolute Gasteiger partial charge is 0.481 e. The van der Waals surface area contributed by atoms with Gasteiger partial charge in [0.05, 0.1) is 5.01 Å². The number of aryl methyl sites for hydroxylation is 2. The molecule has 0 aliphatic rings. The molecule has 5 heteroatoms. The van der Waals surface area contributed by atoms with Gasteiger partial charge < -0.3 is 10.1 Å². The number of benzene rings is 2. The van der Waals surface area contributed by atoms with Crippen molar-refractivity contribution in [3.63, 3.8) is 0 Å². The average molecular weight is 395 g/mol. The number of hydrogen-bond acceptors (Lipinski definition) is 4. The lowest BCUT2D eigenvalue weighted by molar-refractivity contribution is -0.127. The summed E-state index contributed by atoms with van der Waals surface area (Å²) < 4.78 is 5.78. The SMILES string of the molecule is Cc1csc(CCCCNC(=O)C(C)Oc2ccc(-c3ccccc3)cc2)n1. The van der Waals surface area contributed by atoms with Gasteiger partial charge in [-0.2, -0.15) is 0 Å². The zero-order valence-corrected chi connectivity index (χ0v) is 17.2. The Morgan fingerprint density at radius 1 is 1.07 bits per heavy atom. The number of nitrogens with one attached hydrogen (secondary N) is 1. The number of carbonyl (C=O) groups is 1. The molecule has 0 spiro atoms. The third-order valence-electron chi connectivity index (χ3n) is 4.43. The van der Waals surface area contributed by atoms with Crippen LogP contribution in [0.1, 0.15) is 30.5 Å². The van der Waals surface area contributed by atoms with E-state index >= 15 is 0 Å². The Hall–Kier alpha value is -2.66. The van der Waals surface area contributed by atoms with E-state index in [1.807, 2.05) is 49.4 Å². The maximum Gasteiger partial charge on any atom is 0.260 e. The first-order valence-electron chi connectivity index (χ1n) is 9.62.